The van der Waals surface area contributed by atoms with Crippen molar-refractivity contribution >= 4 is 44.6 Å². The van der Waals surface area contributed by atoms with Crippen molar-refractivity contribution in [3.8, 4) is 28.6 Å². The number of rotatable bonds is 11. The number of hydrogen-bond donors (Lipinski definition) is 0. The first kappa shape index (κ1) is 33.2. The monoisotopic (exact) mass is 705 g/mol. The second kappa shape index (κ2) is 14.5. The molecule has 10 heteroatoms. The van der Waals surface area contributed by atoms with Crippen molar-refractivity contribution in [1.29, 1.82) is 0 Å². The first-order chi connectivity index (χ1) is 22.1. The Morgan fingerprint density at radius 3 is 2.39 bits per heavy atom. The zero-order chi connectivity index (χ0) is 33.0. The molecule has 0 aliphatic carbocycles. The molecule has 0 saturated carbocycles. The third-order valence-electron chi connectivity index (χ3n) is 7.34. The quantitative estimate of drug-likeness (QED) is 0.128. The highest BCUT2D eigenvalue weighted by molar-refractivity contribution is 9.10. The van der Waals surface area contributed by atoms with Crippen LogP contribution in [0.15, 0.2) is 81.1 Å². The Bertz CT molecular complexity index is 1980. The van der Waals surface area contributed by atoms with Crippen molar-refractivity contribution in [1.82, 2.24) is 9.66 Å². The molecule has 0 N–H and O–H groups in total. The van der Waals surface area contributed by atoms with Crippen LogP contribution in [0.5, 0.6) is 17.2 Å². The van der Waals surface area contributed by atoms with Crippen LogP contribution in [0, 0.1) is 12.7 Å². The van der Waals surface area contributed by atoms with Gasteiger partial charge < -0.3 is 14.2 Å². The molecule has 0 spiro atoms. The molecule has 0 fully saturated rings. The summed E-state index contributed by atoms with van der Waals surface area (Å²) >= 11 is 10.4. The number of aromatic nitrogens is 2. The van der Waals surface area contributed by atoms with Crippen molar-refractivity contribution in [3.63, 3.8) is 0 Å². The van der Waals surface area contributed by atoms with Gasteiger partial charge in [-0.05, 0) is 102 Å². The zero-order valence-electron chi connectivity index (χ0n) is 26.2. The molecule has 0 radical (unpaired) electrons. The van der Waals surface area contributed by atoms with Gasteiger partial charge in [0.2, 0.25) is 0 Å². The maximum Gasteiger partial charge on any atom is 0.282 e. The van der Waals surface area contributed by atoms with E-state index in [9.17, 15) is 9.18 Å². The first-order valence-corrected chi connectivity index (χ1v) is 16.2. The zero-order valence-corrected chi connectivity index (χ0v) is 28.6. The summed E-state index contributed by atoms with van der Waals surface area (Å²) in [6, 6.07) is 19.0. The number of nitrogens with zero attached hydrogens (tertiary/aromatic N) is 3. The molecule has 0 amide bonds. The van der Waals surface area contributed by atoms with Crippen molar-refractivity contribution in [3.05, 3.63) is 115 Å². The Kier molecular flexibility index (Phi) is 10.4. The number of para-hydroxylation sites is 1. The highest BCUT2D eigenvalue weighted by atomic mass is 79.9. The van der Waals surface area contributed by atoms with E-state index < -0.39 is 0 Å². The minimum atomic E-state index is -0.329. The number of benzene rings is 4. The maximum atomic E-state index is 13.9. The largest absolute Gasteiger partial charge is 0.494 e. The Hall–Kier alpha value is -4.21. The fraction of sp³-hybridized carbons (Fsp3) is 0.250. The topological polar surface area (TPSA) is 74.9 Å². The van der Waals surface area contributed by atoms with Crippen LogP contribution in [0.3, 0.4) is 0 Å². The number of ether oxygens (including phenoxy) is 3. The molecule has 46 heavy (non-hydrogen) atoms. The van der Waals surface area contributed by atoms with Crippen LogP contribution in [-0.2, 0) is 6.61 Å². The van der Waals surface area contributed by atoms with Gasteiger partial charge in [0.25, 0.3) is 5.56 Å². The van der Waals surface area contributed by atoms with Crippen LogP contribution in [0.4, 0.5) is 4.39 Å². The molecule has 238 valence electrons. The second-order valence-electron chi connectivity index (χ2n) is 10.9. The molecule has 4 aromatic carbocycles. The van der Waals surface area contributed by atoms with E-state index in [1.807, 2.05) is 45.0 Å². The second-order valence-corrected chi connectivity index (χ2v) is 12.0. The Labute approximate surface area is 280 Å². The van der Waals surface area contributed by atoms with Gasteiger partial charge in [-0.1, -0.05) is 49.7 Å². The third-order valence-corrected chi connectivity index (χ3v) is 8.78. The molecule has 0 unspecified atom stereocenters. The van der Waals surface area contributed by atoms with E-state index in [0.29, 0.717) is 51.5 Å². The maximum absolute atomic E-state index is 13.9. The molecule has 0 bridgehead atoms. The van der Waals surface area contributed by atoms with Crippen molar-refractivity contribution in [2.24, 2.45) is 5.10 Å². The lowest BCUT2D eigenvalue weighted by Gasteiger charge is -2.18. The molecular formula is C36H34BrClFN3O4. The summed E-state index contributed by atoms with van der Waals surface area (Å²) in [5, 5.41) is 5.38. The molecule has 7 nitrogen and oxygen atoms in total. The standard InChI is InChI=1S/C36H34BrClFN3O4/c1-6-44-30-16-22(5)28(18-27(30)21(3)4)35-41-29-11-9-8-10-26(29)36(43)42(35)40-19-24-17-31(45-7-2)34(33(38)32(24)37)46-20-23-12-14-25(39)15-13-23/h8-19,21H,6-7,20H2,1-5H3. The average Bonchev–Trinajstić information content (AvgIpc) is 3.03. The minimum absolute atomic E-state index is 0.154. The van der Waals surface area contributed by atoms with Crippen molar-refractivity contribution in [2.45, 2.75) is 47.1 Å². The molecular weight excluding hydrogens is 673 g/mol. The van der Waals surface area contributed by atoms with E-state index in [1.54, 1.807) is 30.3 Å². The normalized spacial score (nSPS) is 11.5. The van der Waals surface area contributed by atoms with Gasteiger partial charge in [0.1, 0.15) is 23.2 Å². The Balaban J connectivity index is 1.63. The molecule has 0 aliphatic rings. The lowest BCUT2D eigenvalue weighted by molar-refractivity contribution is 0.269. The number of aryl methyl sites for hydroxylation is 1. The van der Waals surface area contributed by atoms with Gasteiger partial charge in [0.15, 0.2) is 17.3 Å². The summed E-state index contributed by atoms with van der Waals surface area (Å²) in [7, 11) is 0. The average molecular weight is 707 g/mol. The van der Waals surface area contributed by atoms with Crippen LogP contribution in [0.2, 0.25) is 5.02 Å². The van der Waals surface area contributed by atoms with E-state index in [4.69, 9.17) is 30.8 Å². The number of fused-ring (bicyclic) bond motifs is 1. The molecule has 5 aromatic rings. The van der Waals surface area contributed by atoms with E-state index in [1.165, 1.54) is 23.0 Å². The molecule has 0 atom stereocenters. The SMILES string of the molecule is CCOc1cc(C)c(-c2nc3ccccc3c(=O)n2N=Cc2cc(OCC)c(OCc3ccc(F)cc3)c(Cl)c2Br)cc1C(C)C. The summed E-state index contributed by atoms with van der Waals surface area (Å²) in [4.78, 5) is 18.9. The predicted octanol–water partition coefficient (Wildman–Crippen LogP) is 9.31. The van der Waals surface area contributed by atoms with E-state index in [2.05, 4.69) is 34.9 Å². The van der Waals surface area contributed by atoms with Crippen LogP contribution in [0.1, 0.15) is 55.9 Å². The molecule has 0 aliphatic heterocycles. The van der Waals surface area contributed by atoms with Crippen molar-refractivity contribution < 1.29 is 18.6 Å². The van der Waals surface area contributed by atoms with Crippen LogP contribution < -0.4 is 19.8 Å². The van der Waals surface area contributed by atoms with E-state index in [0.717, 1.165) is 28.0 Å². The van der Waals surface area contributed by atoms with Gasteiger partial charge >= 0.3 is 0 Å². The number of halogens is 3. The van der Waals surface area contributed by atoms with Gasteiger partial charge in [0.05, 0.1) is 30.3 Å². The van der Waals surface area contributed by atoms with E-state index in [-0.39, 0.29) is 28.9 Å². The number of hydrogen-bond acceptors (Lipinski definition) is 6. The summed E-state index contributed by atoms with van der Waals surface area (Å²) in [6.45, 7) is 11.0. The Morgan fingerprint density at radius 1 is 1.00 bits per heavy atom. The van der Waals surface area contributed by atoms with Crippen LogP contribution in [-0.4, -0.2) is 29.1 Å². The highest BCUT2D eigenvalue weighted by Crippen LogP contribution is 2.43. The molecule has 1 heterocycles. The van der Waals surface area contributed by atoms with Gasteiger partial charge in [-0.2, -0.15) is 9.78 Å². The smallest absolute Gasteiger partial charge is 0.282 e. The fourth-order valence-electron chi connectivity index (χ4n) is 5.03. The van der Waals surface area contributed by atoms with Gasteiger partial charge in [-0.3, -0.25) is 4.79 Å². The molecule has 1 aromatic heterocycles. The highest BCUT2D eigenvalue weighted by Gasteiger charge is 2.20. The van der Waals surface area contributed by atoms with Gasteiger partial charge in [-0.15, -0.1) is 0 Å². The first-order valence-electron chi connectivity index (χ1n) is 15.0. The predicted molar refractivity (Wildman–Crippen MR) is 185 cm³/mol. The lowest BCUT2D eigenvalue weighted by Crippen LogP contribution is -2.21. The molecule has 5 rings (SSSR count). The van der Waals surface area contributed by atoms with Gasteiger partial charge in [-0.25, -0.2) is 9.37 Å². The molecule has 0 saturated heterocycles. The van der Waals surface area contributed by atoms with Crippen molar-refractivity contribution in [2.75, 3.05) is 13.2 Å². The van der Waals surface area contributed by atoms with E-state index >= 15 is 0 Å². The summed E-state index contributed by atoms with van der Waals surface area (Å²) in [6.07, 6.45) is 1.54. The van der Waals surface area contributed by atoms with Gasteiger partial charge in [0, 0.05) is 15.6 Å². The summed E-state index contributed by atoms with van der Waals surface area (Å²) in [5.41, 5.74) is 4.24. The fourth-order valence-corrected chi connectivity index (χ4v) is 5.68. The minimum Gasteiger partial charge on any atom is -0.494 e. The lowest BCUT2D eigenvalue weighted by atomic mass is 9.96. The van der Waals surface area contributed by atoms with Crippen LogP contribution >= 0.6 is 27.5 Å². The Morgan fingerprint density at radius 2 is 1.70 bits per heavy atom. The summed E-state index contributed by atoms with van der Waals surface area (Å²) < 4.78 is 33.0. The third kappa shape index (κ3) is 6.95. The van der Waals surface area contributed by atoms with Crippen LogP contribution in [0.25, 0.3) is 22.3 Å². The summed E-state index contributed by atoms with van der Waals surface area (Å²) in [5.74, 6) is 1.77.